The van der Waals surface area contributed by atoms with Crippen molar-refractivity contribution in [2.45, 2.75) is 33.2 Å². The lowest BCUT2D eigenvalue weighted by Gasteiger charge is -2.11. The first-order chi connectivity index (χ1) is 16.2. The number of rotatable bonds is 7. The van der Waals surface area contributed by atoms with Crippen LogP contribution >= 0.6 is 11.6 Å². The number of aromatic nitrogens is 3. The number of nitrogen functional groups attached to an aromatic ring is 1. The zero-order chi connectivity index (χ0) is 24.4. The number of hydrogen-bond acceptors (Lipinski definition) is 7. The second-order valence-electron chi connectivity index (χ2n) is 7.95. The van der Waals surface area contributed by atoms with Crippen molar-refractivity contribution in [3.05, 3.63) is 81.0 Å². The van der Waals surface area contributed by atoms with Crippen LogP contribution in [0.1, 0.15) is 44.5 Å². The van der Waals surface area contributed by atoms with Crippen LogP contribution < -0.4 is 11.1 Å². The SMILES string of the molecule is Cc1cc(N)nc(C)c1CNC(=O)c1oc(Cc2cc(F)c3ncc(Cl)cc3c2)nc1CCO. The summed E-state index contributed by atoms with van der Waals surface area (Å²) < 4.78 is 20.2. The molecule has 34 heavy (non-hydrogen) atoms. The lowest BCUT2D eigenvalue weighted by atomic mass is 10.1. The van der Waals surface area contributed by atoms with Crippen LogP contribution in [0.3, 0.4) is 0 Å². The molecule has 0 bridgehead atoms. The molecule has 0 atom stereocenters. The third-order valence-corrected chi connectivity index (χ3v) is 5.62. The number of pyridine rings is 2. The molecule has 1 amide bonds. The summed E-state index contributed by atoms with van der Waals surface area (Å²) in [5.74, 6) is -0.318. The molecule has 3 heterocycles. The van der Waals surface area contributed by atoms with E-state index in [1.807, 2.05) is 13.8 Å². The number of benzene rings is 1. The van der Waals surface area contributed by atoms with E-state index >= 15 is 0 Å². The number of hydrogen-bond donors (Lipinski definition) is 3. The van der Waals surface area contributed by atoms with Crippen LogP contribution in [-0.4, -0.2) is 32.6 Å². The Bertz CT molecular complexity index is 1370. The van der Waals surface area contributed by atoms with Gasteiger partial charge in [0, 0.05) is 43.3 Å². The monoisotopic (exact) mass is 483 g/mol. The van der Waals surface area contributed by atoms with Crippen molar-refractivity contribution in [1.29, 1.82) is 0 Å². The number of aliphatic hydroxyl groups excluding tert-OH is 1. The highest BCUT2D eigenvalue weighted by atomic mass is 35.5. The molecule has 0 saturated carbocycles. The molecule has 3 aromatic heterocycles. The smallest absolute Gasteiger partial charge is 0.289 e. The number of fused-ring (bicyclic) bond motifs is 1. The van der Waals surface area contributed by atoms with E-state index in [-0.39, 0.29) is 43.2 Å². The van der Waals surface area contributed by atoms with Gasteiger partial charge in [0.15, 0.2) is 5.89 Å². The summed E-state index contributed by atoms with van der Waals surface area (Å²) in [6, 6.07) is 6.45. The van der Waals surface area contributed by atoms with Crippen LogP contribution in [0, 0.1) is 19.7 Å². The van der Waals surface area contributed by atoms with E-state index < -0.39 is 11.7 Å². The van der Waals surface area contributed by atoms with Gasteiger partial charge in [0.25, 0.3) is 5.91 Å². The minimum absolute atomic E-state index is 0.00809. The third-order valence-electron chi connectivity index (χ3n) is 5.41. The third kappa shape index (κ3) is 5.00. The molecule has 4 aromatic rings. The fourth-order valence-corrected chi connectivity index (χ4v) is 4.01. The summed E-state index contributed by atoms with van der Waals surface area (Å²) in [6.07, 6.45) is 1.67. The molecule has 4 N–H and O–H groups in total. The Balaban J connectivity index is 1.57. The van der Waals surface area contributed by atoms with Gasteiger partial charge in [-0.2, -0.15) is 0 Å². The number of anilines is 1. The van der Waals surface area contributed by atoms with Gasteiger partial charge in [0.1, 0.15) is 17.2 Å². The van der Waals surface area contributed by atoms with Crippen LogP contribution in [0.25, 0.3) is 10.9 Å². The zero-order valence-electron chi connectivity index (χ0n) is 18.7. The number of aryl methyl sites for hydroxylation is 2. The van der Waals surface area contributed by atoms with Crippen LogP contribution in [0.2, 0.25) is 5.02 Å². The first kappa shape index (κ1) is 23.6. The Morgan fingerprint density at radius 2 is 2.03 bits per heavy atom. The van der Waals surface area contributed by atoms with E-state index in [1.54, 1.807) is 18.2 Å². The second-order valence-corrected chi connectivity index (χ2v) is 8.38. The highest BCUT2D eigenvalue weighted by molar-refractivity contribution is 6.31. The van der Waals surface area contributed by atoms with Crippen molar-refractivity contribution < 1.29 is 18.7 Å². The topological polar surface area (TPSA) is 127 Å². The van der Waals surface area contributed by atoms with E-state index in [2.05, 4.69) is 20.3 Å². The Morgan fingerprint density at radius 1 is 1.24 bits per heavy atom. The average Bonchev–Trinajstić information content (AvgIpc) is 3.15. The van der Waals surface area contributed by atoms with Crippen LogP contribution in [0.5, 0.6) is 0 Å². The molecule has 176 valence electrons. The quantitative estimate of drug-likeness (QED) is 0.366. The molecule has 0 fully saturated rings. The van der Waals surface area contributed by atoms with Crippen molar-refractivity contribution >= 4 is 34.2 Å². The van der Waals surface area contributed by atoms with Gasteiger partial charge in [-0.1, -0.05) is 11.6 Å². The number of nitrogens with one attached hydrogen (secondary N) is 1. The van der Waals surface area contributed by atoms with Gasteiger partial charge >= 0.3 is 0 Å². The molecule has 4 rings (SSSR count). The van der Waals surface area contributed by atoms with Gasteiger partial charge < -0.3 is 20.6 Å². The standard InChI is InChI=1S/C24H23ClFN5O3/c1-12-5-20(27)30-13(2)17(12)11-29-24(33)23-19(3-4-32)31-21(34-23)8-14-6-15-9-16(25)10-28-22(15)18(26)7-14/h5-7,9-10,32H,3-4,8,11H2,1-2H3,(H2,27,30)(H,29,33). The Kier molecular flexibility index (Phi) is 6.76. The number of oxazole rings is 1. The summed E-state index contributed by atoms with van der Waals surface area (Å²) in [7, 11) is 0. The number of carbonyl (C=O) groups is 1. The summed E-state index contributed by atoms with van der Waals surface area (Å²) in [4.78, 5) is 25.5. The zero-order valence-corrected chi connectivity index (χ0v) is 19.4. The molecular weight excluding hydrogens is 461 g/mol. The second kappa shape index (κ2) is 9.74. The van der Waals surface area contributed by atoms with Gasteiger partial charge in [0.05, 0.1) is 10.7 Å². The molecule has 0 spiro atoms. The summed E-state index contributed by atoms with van der Waals surface area (Å²) >= 11 is 5.98. The van der Waals surface area contributed by atoms with Crippen LogP contribution in [0.4, 0.5) is 10.2 Å². The molecular formula is C24H23ClFN5O3. The van der Waals surface area contributed by atoms with Gasteiger partial charge in [-0.3, -0.25) is 9.78 Å². The minimum atomic E-state index is -0.493. The van der Waals surface area contributed by atoms with Crippen molar-refractivity contribution in [3.63, 3.8) is 0 Å². The maximum atomic E-state index is 14.5. The Morgan fingerprint density at radius 3 is 2.76 bits per heavy atom. The fourth-order valence-electron chi connectivity index (χ4n) is 3.85. The number of amides is 1. The highest BCUT2D eigenvalue weighted by Gasteiger charge is 2.21. The van der Waals surface area contributed by atoms with Gasteiger partial charge in [-0.15, -0.1) is 0 Å². The van der Waals surface area contributed by atoms with Gasteiger partial charge in [-0.25, -0.2) is 14.4 Å². The van der Waals surface area contributed by atoms with Gasteiger partial charge in [-0.05, 0) is 54.8 Å². The van der Waals surface area contributed by atoms with E-state index in [4.69, 9.17) is 21.8 Å². The van der Waals surface area contributed by atoms with Crippen molar-refractivity contribution in [1.82, 2.24) is 20.3 Å². The van der Waals surface area contributed by atoms with Crippen molar-refractivity contribution in [3.8, 4) is 0 Å². The maximum absolute atomic E-state index is 14.5. The molecule has 10 heteroatoms. The highest BCUT2D eigenvalue weighted by Crippen LogP contribution is 2.24. The molecule has 1 aromatic carbocycles. The molecule has 0 aliphatic heterocycles. The molecule has 0 saturated heterocycles. The lowest BCUT2D eigenvalue weighted by molar-refractivity contribution is 0.0919. The van der Waals surface area contributed by atoms with Crippen LogP contribution in [-0.2, 0) is 19.4 Å². The van der Waals surface area contributed by atoms with E-state index in [9.17, 15) is 14.3 Å². The van der Waals surface area contributed by atoms with E-state index in [1.165, 1.54) is 12.3 Å². The summed E-state index contributed by atoms with van der Waals surface area (Å²) in [6.45, 7) is 3.73. The fraction of sp³-hybridized carbons (Fsp3) is 0.250. The maximum Gasteiger partial charge on any atom is 0.289 e. The molecule has 0 radical (unpaired) electrons. The van der Waals surface area contributed by atoms with E-state index in [0.29, 0.717) is 27.5 Å². The number of aliphatic hydroxyl groups is 1. The molecule has 0 aliphatic carbocycles. The predicted octanol–water partition coefficient (Wildman–Crippen LogP) is 3.66. The Hall–Kier alpha value is -3.56. The minimum Gasteiger partial charge on any atom is -0.435 e. The van der Waals surface area contributed by atoms with Gasteiger partial charge in [0.2, 0.25) is 5.76 Å². The molecule has 0 unspecified atom stereocenters. The number of carbonyl (C=O) groups excluding carboxylic acids is 1. The largest absolute Gasteiger partial charge is 0.435 e. The number of nitrogens with zero attached hydrogens (tertiary/aromatic N) is 3. The number of nitrogens with two attached hydrogens (primary N) is 1. The first-order valence-corrected chi connectivity index (χ1v) is 11.0. The Labute approximate surface area is 200 Å². The molecule has 8 nitrogen and oxygen atoms in total. The predicted molar refractivity (Wildman–Crippen MR) is 126 cm³/mol. The van der Waals surface area contributed by atoms with E-state index in [0.717, 1.165) is 16.8 Å². The van der Waals surface area contributed by atoms with Crippen LogP contribution in [0.15, 0.2) is 34.9 Å². The number of halogens is 2. The summed E-state index contributed by atoms with van der Waals surface area (Å²) in [5.41, 5.74) is 9.36. The van der Waals surface area contributed by atoms with Crippen molar-refractivity contribution in [2.24, 2.45) is 0 Å². The van der Waals surface area contributed by atoms with Crippen molar-refractivity contribution in [2.75, 3.05) is 12.3 Å². The molecule has 0 aliphatic rings. The lowest BCUT2D eigenvalue weighted by Crippen LogP contribution is -2.24. The first-order valence-electron chi connectivity index (χ1n) is 10.6. The average molecular weight is 484 g/mol. The normalized spacial score (nSPS) is 11.2. The summed E-state index contributed by atoms with van der Waals surface area (Å²) in [5, 5.41) is 13.2.